The van der Waals surface area contributed by atoms with E-state index in [-0.39, 0.29) is 5.75 Å². The fourth-order valence-electron chi connectivity index (χ4n) is 3.03. The van der Waals surface area contributed by atoms with Crippen LogP contribution in [0.4, 0.5) is 0 Å². The van der Waals surface area contributed by atoms with Crippen molar-refractivity contribution in [2.24, 2.45) is 5.10 Å². The number of carbonyl (C=O) groups is 1. The van der Waals surface area contributed by atoms with Gasteiger partial charge in [0.05, 0.1) is 18.5 Å². The molecule has 0 saturated heterocycles. The van der Waals surface area contributed by atoms with Crippen LogP contribution >= 0.6 is 0 Å². The lowest BCUT2D eigenvalue weighted by molar-refractivity contribution is 0.0950. The van der Waals surface area contributed by atoms with Crippen molar-refractivity contribution in [3.8, 4) is 22.8 Å². The van der Waals surface area contributed by atoms with E-state index in [4.69, 9.17) is 4.74 Å². The summed E-state index contributed by atoms with van der Waals surface area (Å²) in [5.41, 5.74) is 6.24. The number of aromatic hydroxyl groups is 1. The van der Waals surface area contributed by atoms with Crippen molar-refractivity contribution in [2.75, 3.05) is 6.61 Å². The summed E-state index contributed by atoms with van der Waals surface area (Å²) in [6.07, 6.45) is 2.33. The van der Waals surface area contributed by atoms with Gasteiger partial charge in [0.15, 0.2) is 0 Å². The third kappa shape index (κ3) is 5.60. The Morgan fingerprint density at radius 2 is 1.78 bits per heavy atom. The molecule has 0 bridgehead atoms. The van der Waals surface area contributed by atoms with Gasteiger partial charge >= 0.3 is 0 Å². The first-order valence-corrected chi connectivity index (χ1v) is 10.1. The number of phenolic OH excluding ortho intramolecular Hbond substituents is 1. The normalized spacial score (nSPS) is 10.9. The van der Waals surface area contributed by atoms with E-state index in [0.717, 1.165) is 23.3 Å². The van der Waals surface area contributed by atoms with Crippen molar-refractivity contribution < 1.29 is 14.6 Å². The molecule has 4 aromatic rings. The highest BCUT2D eigenvalue weighted by atomic mass is 16.5. The van der Waals surface area contributed by atoms with Crippen LogP contribution in [0.5, 0.6) is 11.5 Å². The van der Waals surface area contributed by atoms with Gasteiger partial charge in [0.1, 0.15) is 17.2 Å². The van der Waals surface area contributed by atoms with Gasteiger partial charge in [0, 0.05) is 12.0 Å². The van der Waals surface area contributed by atoms with Gasteiger partial charge in [-0.1, -0.05) is 30.3 Å². The number of hydrogen-bond donors (Lipinski definition) is 3. The first-order valence-electron chi connectivity index (χ1n) is 10.1. The Bertz CT molecular complexity index is 1180. The highest BCUT2D eigenvalue weighted by Crippen LogP contribution is 2.21. The van der Waals surface area contributed by atoms with Crippen LogP contribution in [-0.4, -0.2) is 34.0 Å². The third-order valence-electron chi connectivity index (χ3n) is 4.75. The number of amides is 1. The highest BCUT2D eigenvalue weighted by Gasteiger charge is 2.10. The summed E-state index contributed by atoms with van der Waals surface area (Å²) in [6.45, 7) is 0.598. The van der Waals surface area contributed by atoms with Gasteiger partial charge < -0.3 is 9.84 Å². The quantitative estimate of drug-likeness (QED) is 0.291. The Kier molecular flexibility index (Phi) is 6.57. The molecule has 7 heteroatoms. The van der Waals surface area contributed by atoms with Gasteiger partial charge in [-0.2, -0.15) is 10.2 Å². The van der Waals surface area contributed by atoms with E-state index in [1.54, 1.807) is 30.3 Å². The molecular formula is C25H22N4O3. The Hall–Kier alpha value is -4.39. The van der Waals surface area contributed by atoms with Crippen molar-refractivity contribution in [1.82, 2.24) is 15.6 Å². The van der Waals surface area contributed by atoms with E-state index in [2.05, 4.69) is 32.9 Å². The molecule has 32 heavy (non-hydrogen) atoms. The summed E-state index contributed by atoms with van der Waals surface area (Å²) < 4.78 is 5.81. The zero-order chi connectivity index (χ0) is 22.2. The first kappa shape index (κ1) is 20.9. The maximum absolute atomic E-state index is 12.3. The third-order valence-corrected chi connectivity index (χ3v) is 4.75. The van der Waals surface area contributed by atoms with Crippen LogP contribution in [0.2, 0.25) is 0 Å². The van der Waals surface area contributed by atoms with Crippen LogP contribution in [0.1, 0.15) is 21.6 Å². The number of nitrogens with one attached hydrogen (secondary N) is 2. The molecule has 1 amide bonds. The Morgan fingerprint density at radius 1 is 1.03 bits per heavy atom. The van der Waals surface area contributed by atoms with Gasteiger partial charge in [-0.25, -0.2) is 5.43 Å². The standard InChI is InChI=1S/C25H22N4O3/c30-21-10-6-19(7-11-21)17-26-29-25(31)24-16-23(27-28-24)20-8-12-22(13-9-20)32-15-14-18-4-2-1-3-5-18/h1-13,16-17,30H,14-15H2,(H,27,28)(H,29,31). The zero-order valence-corrected chi connectivity index (χ0v) is 17.2. The second-order valence-electron chi connectivity index (χ2n) is 7.07. The summed E-state index contributed by atoms with van der Waals surface area (Å²) in [4.78, 5) is 12.3. The Morgan fingerprint density at radius 3 is 2.53 bits per heavy atom. The van der Waals surface area contributed by atoms with E-state index in [1.165, 1.54) is 11.8 Å². The van der Waals surface area contributed by atoms with Crippen LogP contribution in [0.3, 0.4) is 0 Å². The molecule has 1 heterocycles. The molecule has 0 spiro atoms. The molecule has 0 aliphatic heterocycles. The molecule has 1 aromatic heterocycles. The van der Waals surface area contributed by atoms with Gasteiger partial charge in [-0.15, -0.1) is 0 Å². The predicted octanol–water partition coefficient (Wildman–Crippen LogP) is 4.17. The number of benzene rings is 3. The number of hydrogen-bond acceptors (Lipinski definition) is 5. The minimum absolute atomic E-state index is 0.169. The van der Waals surface area contributed by atoms with Crippen LogP contribution in [-0.2, 0) is 6.42 Å². The van der Waals surface area contributed by atoms with Crippen molar-refractivity contribution in [2.45, 2.75) is 6.42 Å². The molecule has 3 aromatic carbocycles. The molecule has 0 aliphatic rings. The van der Waals surface area contributed by atoms with E-state index in [9.17, 15) is 9.90 Å². The fraction of sp³-hybridized carbons (Fsp3) is 0.0800. The summed E-state index contributed by atoms with van der Waals surface area (Å²) in [5, 5.41) is 20.1. The van der Waals surface area contributed by atoms with Crippen LogP contribution in [0, 0.1) is 0 Å². The molecule has 0 fully saturated rings. The number of carbonyl (C=O) groups excluding carboxylic acids is 1. The molecule has 3 N–H and O–H groups in total. The van der Waals surface area contributed by atoms with Crippen molar-refractivity contribution >= 4 is 12.1 Å². The van der Waals surface area contributed by atoms with Crippen molar-refractivity contribution in [1.29, 1.82) is 0 Å². The van der Waals surface area contributed by atoms with E-state index >= 15 is 0 Å². The number of nitrogens with zero attached hydrogens (tertiary/aromatic N) is 2. The lowest BCUT2D eigenvalue weighted by Crippen LogP contribution is -2.17. The second-order valence-corrected chi connectivity index (χ2v) is 7.07. The van der Waals surface area contributed by atoms with Gasteiger partial charge in [-0.05, 0) is 65.7 Å². The van der Waals surface area contributed by atoms with E-state index in [1.807, 2.05) is 42.5 Å². The number of rotatable bonds is 8. The van der Waals surface area contributed by atoms with E-state index in [0.29, 0.717) is 18.0 Å². The minimum atomic E-state index is -0.403. The molecule has 0 unspecified atom stereocenters. The SMILES string of the molecule is O=C(NN=Cc1ccc(O)cc1)c1cc(-c2ccc(OCCc3ccccc3)cc2)n[nH]1. The number of aromatic amines is 1. The van der Waals surface area contributed by atoms with Crippen LogP contribution in [0.25, 0.3) is 11.3 Å². The Balaban J connectivity index is 1.30. The monoisotopic (exact) mass is 426 g/mol. The van der Waals surface area contributed by atoms with Crippen molar-refractivity contribution in [3.63, 3.8) is 0 Å². The topological polar surface area (TPSA) is 99.6 Å². The summed E-state index contributed by atoms with van der Waals surface area (Å²) in [5.74, 6) is 0.546. The van der Waals surface area contributed by atoms with Crippen molar-refractivity contribution in [3.05, 3.63) is 102 Å². The predicted molar refractivity (Wildman–Crippen MR) is 123 cm³/mol. The molecule has 160 valence electrons. The molecule has 4 rings (SSSR count). The second kappa shape index (κ2) is 10.1. The average molecular weight is 426 g/mol. The highest BCUT2D eigenvalue weighted by molar-refractivity contribution is 5.94. The number of ether oxygens (including phenoxy) is 1. The van der Waals surface area contributed by atoms with Gasteiger partial charge in [-0.3, -0.25) is 9.89 Å². The maximum Gasteiger partial charge on any atom is 0.289 e. The molecule has 0 atom stereocenters. The minimum Gasteiger partial charge on any atom is -0.508 e. The number of aromatic nitrogens is 2. The molecular weight excluding hydrogens is 404 g/mol. The molecule has 0 radical (unpaired) electrons. The summed E-state index contributed by atoms with van der Waals surface area (Å²) in [6, 6.07) is 25.9. The van der Waals surface area contributed by atoms with Crippen LogP contribution in [0.15, 0.2) is 90.0 Å². The van der Waals surface area contributed by atoms with E-state index < -0.39 is 5.91 Å². The summed E-state index contributed by atoms with van der Waals surface area (Å²) >= 11 is 0. The molecule has 7 nitrogen and oxygen atoms in total. The number of hydrazone groups is 1. The largest absolute Gasteiger partial charge is 0.508 e. The first-order chi connectivity index (χ1) is 15.7. The van der Waals surface area contributed by atoms with Gasteiger partial charge in [0.2, 0.25) is 0 Å². The van der Waals surface area contributed by atoms with Crippen LogP contribution < -0.4 is 10.2 Å². The molecule has 0 saturated carbocycles. The summed E-state index contributed by atoms with van der Waals surface area (Å²) in [7, 11) is 0. The smallest absolute Gasteiger partial charge is 0.289 e. The lowest BCUT2D eigenvalue weighted by Gasteiger charge is -2.06. The fourth-order valence-corrected chi connectivity index (χ4v) is 3.03. The lowest BCUT2D eigenvalue weighted by atomic mass is 10.1. The average Bonchev–Trinajstić information content (AvgIpc) is 3.32. The zero-order valence-electron chi connectivity index (χ0n) is 17.2. The maximum atomic E-state index is 12.3. The molecule has 0 aliphatic carbocycles. The number of H-pyrrole nitrogens is 1. The number of phenols is 1. The van der Waals surface area contributed by atoms with Gasteiger partial charge in [0.25, 0.3) is 5.91 Å². The Labute approximate surface area is 185 Å².